The molecule has 106 valence electrons. The summed E-state index contributed by atoms with van der Waals surface area (Å²) in [5.74, 6) is 1.33. The summed E-state index contributed by atoms with van der Waals surface area (Å²) in [5, 5.41) is 3.13. The fourth-order valence-corrected chi connectivity index (χ4v) is 2.19. The normalized spacial score (nSPS) is 16.0. The van der Waals surface area contributed by atoms with Gasteiger partial charge in [-0.2, -0.15) is 15.0 Å². The zero-order valence-electron chi connectivity index (χ0n) is 11.9. The molecular weight excluding hydrogens is 242 g/mol. The highest BCUT2D eigenvalue weighted by Crippen LogP contribution is 2.19. The van der Waals surface area contributed by atoms with Crippen LogP contribution >= 0.6 is 0 Å². The van der Waals surface area contributed by atoms with Crippen molar-refractivity contribution in [3.8, 4) is 6.01 Å². The van der Waals surface area contributed by atoms with Crippen LogP contribution in [0.1, 0.15) is 39.5 Å². The van der Waals surface area contributed by atoms with Gasteiger partial charge in [0.2, 0.25) is 11.9 Å². The Labute approximate surface area is 114 Å². The molecule has 0 unspecified atom stereocenters. The summed E-state index contributed by atoms with van der Waals surface area (Å²) >= 11 is 0. The second kappa shape index (κ2) is 7.11. The van der Waals surface area contributed by atoms with E-state index in [0.717, 1.165) is 25.6 Å². The minimum Gasteiger partial charge on any atom is -0.464 e. The molecule has 2 heterocycles. The van der Waals surface area contributed by atoms with Gasteiger partial charge in [0, 0.05) is 19.6 Å². The fourth-order valence-electron chi connectivity index (χ4n) is 2.19. The molecule has 6 heteroatoms. The van der Waals surface area contributed by atoms with E-state index in [1.54, 1.807) is 0 Å². The van der Waals surface area contributed by atoms with Crippen molar-refractivity contribution in [2.24, 2.45) is 0 Å². The van der Waals surface area contributed by atoms with Crippen LogP contribution in [0, 0.1) is 0 Å². The maximum atomic E-state index is 5.43. The number of aromatic nitrogens is 3. The smallest absolute Gasteiger partial charge is 0.323 e. The Kier molecular flexibility index (Phi) is 5.18. The molecule has 0 aliphatic carbocycles. The molecule has 1 aliphatic rings. The standard InChI is InChI=1S/C13H23N5O/c1-3-14-11-15-12(17-13(16-11)19-4-2)18-9-7-5-6-8-10-18/h3-10H2,1-2H3,(H,14,15,16,17). The first-order valence-corrected chi connectivity index (χ1v) is 7.21. The highest BCUT2D eigenvalue weighted by molar-refractivity contribution is 5.38. The molecule has 0 atom stereocenters. The first kappa shape index (κ1) is 13.8. The molecule has 2 rings (SSSR count). The molecule has 0 radical (unpaired) electrons. The van der Waals surface area contributed by atoms with Gasteiger partial charge in [0.15, 0.2) is 0 Å². The molecule has 0 aromatic carbocycles. The number of hydrogen-bond acceptors (Lipinski definition) is 6. The average Bonchev–Trinajstić information content (AvgIpc) is 2.68. The van der Waals surface area contributed by atoms with Crippen LogP contribution in [0.5, 0.6) is 6.01 Å². The molecule has 0 spiro atoms. The van der Waals surface area contributed by atoms with Crippen molar-refractivity contribution in [1.29, 1.82) is 0 Å². The Morgan fingerprint density at radius 1 is 1.05 bits per heavy atom. The predicted molar refractivity (Wildman–Crippen MR) is 75.8 cm³/mol. The van der Waals surface area contributed by atoms with Gasteiger partial charge in [-0.05, 0) is 26.7 Å². The molecule has 0 saturated carbocycles. The number of rotatable bonds is 5. The second-order valence-electron chi connectivity index (χ2n) is 4.61. The Bertz CT molecular complexity index is 366. The van der Waals surface area contributed by atoms with E-state index in [1.165, 1.54) is 25.7 Å². The van der Waals surface area contributed by atoms with E-state index in [9.17, 15) is 0 Å². The Balaban J connectivity index is 2.20. The summed E-state index contributed by atoms with van der Waals surface area (Å²) in [4.78, 5) is 15.4. The maximum Gasteiger partial charge on any atom is 0.323 e. The maximum absolute atomic E-state index is 5.43. The van der Waals surface area contributed by atoms with Crippen LogP contribution in [0.2, 0.25) is 0 Å². The molecule has 1 aromatic heterocycles. The van der Waals surface area contributed by atoms with Crippen molar-refractivity contribution in [2.75, 3.05) is 36.5 Å². The summed E-state index contributed by atoms with van der Waals surface area (Å²) < 4.78 is 5.43. The van der Waals surface area contributed by atoms with Crippen molar-refractivity contribution >= 4 is 11.9 Å². The summed E-state index contributed by atoms with van der Waals surface area (Å²) in [6.07, 6.45) is 4.98. The summed E-state index contributed by atoms with van der Waals surface area (Å²) in [5.41, 5.74) is 0. The van der Waals surface area contributed by atoms with E-state index in [0.29, 0.717) is 18.6 Å². The van der Waals surface area contributed by atoms with Crippen LogP contribution in [-0.4, -0.2) is 41.2 Å². The number of nitrogens with one attached hydrogen (secondary N) is 1. The molecule has 1 N–H and O–H groups in total. The van der Waals surface area contributed by atoms with Gasteiger partial charge in [-0.25, -0.2) is 0 Å². The quantitative estimate of drug-likeness (QED) is 0.879. The van der Waals surface area contributed by atoms with Gasteiger partial charge in [0.05, 0.1) is 6.61 Å². The zero-order chi connectivity index (χ0) is 13.5. The van der Waals surface area contributed by atoms with E-state index in [4.69, 9.17) is 4.74 Å². The number of anilines is 2. The summed E-state index contributed by atoms with van der Waals surface area (Å²) in [7, 11) is 0. The van der Waals surface area contributed by atoms with Crippen molar-refractivity contribution in [3.05, 3.63) is 0 Å². The van der Waals surface area contributed by atoms with Crippen LogP contribution < -0.4 is 15.0 Å². The summed E-state index contributed by atoms with van der Waals surface area (Å²) in [6.45, 7) is 7.34. The van der Waals surface area contributed by atoms with Crippen molar-refractivity contribution in [3.63, 3.8) is 0 Å². The zero-order valence-corrected chi connectivity index (χ0v) is 11.9. The van der Waals surface area contributed by atoms with Gasteiger partial charge in [0.25, 0.3) is 0 Å². The first-order chi connectivity index (χ1) is 9.33. The fraction of sp³-hybridized carbons (Fsp3) is 0.769. The molecule has 6 nitrogen and oxygen atoms in total. The molecule has 0 amide bonds. The molecule has 0 bridgehead atoms. The third kappa shape index (κ3) is 3.94. The van der Waals surface area contributed by atoms with E-state index in [1.807, 2.05) is 13.8 Å². The van der Waals surface area contributed by atoms with E-state index in [2.05, 4.69) is 25.2 Å². The Morgan fingerprint density at radius 2 is 1.79 bits per heavy atom. The van der Waals surface area contributed by atoms with E-state index in [-0.39, 0.29) is 0 Å². The van der Waals surface area contributed by atoms with Gasteiger partial charge < -0.3 is 15.0 Å². The van der Waals surface area contributed by atoms with Crippen molar-refractivity contribution in [1.82, 2.24) is 15.0 Å². The summed E-state index contributed by atoms with van der Waals surface area (Å²) in [6, 6.07) is 0.410. The Hall–Kier alpha value is -1.59. The number of ether oxygens (including phenoxy) is 1. The SMILES string of the molecule is CCNc1nc(OCC)nc(N2CCCCCC2)n1. The third-order valence-electron chi connectivity index (χ3n) is 3.10. The molecular formula is C13H23N5O. The van der Waals surface area contributed by atoms with Crippen molar-refractivity contribution < 1.29 is 4.74 Å². The highest BCUT2D eigenvalue weighted by Gasteiger charge is 2.15. The van der Waals surface area contributed by atoms with Gasteiger partial charge in [-0.3, -0.25) is 0 Å². The lowest BCUT2D eigenvalue weighted by Crippen LogP contribution is -2.26. The molecule has 19 heavy (non-hydrogen) atoms. The van der Waals surface area contributed by atoms with Gasteiger partial charge in [0.1, 0.15) is 0 Å². The van der Waals surface area contributed by atoms with Crippen molar-refractivity contribution in [2.45, 2.75) is 39.5 Å². The first-order valence-electron chi connectivity index (χ1n) is 7.21. The van der Waals surface area contributed by atoms with Crippen LogP contribution in [0.3, 0.4) is 0 Å². The van der Waals surface area contributed by atoms with Gasteiger partial charge >= 0.3 is 6.01 Å². The molecule has 1 aromatic rings. The van der Waals surface area contributed by atoms with Crippen LogP contribution in [-0.2, 0) is 0 Å². The Morgan fingerprint density at radius 3 is 2.42 bits per heavy atom. The predicted octanol–water partition coefficient (Wildman–Crippen LogP) is 2.08. The monoisotopic (exact) mass is 265 g/mol. The number of nitrogens with zero attached hydrogens (tertiary/aromatic N) is 4. The lowest BCUT2D eigenvalue weighted by Gasteiger charge is -2.20. The average molecular weight is 265 g/mol. The highest BCUT2D eigenvalue weighted by atomic mass is 16.5. The lowest BCUT2D eigenvalue weighted by atomic mass is 10.2. The van der Waals surface area contributed by atoms with Gasteiger partial charge in [-0.1, -0.05) is 12.8 Å². The van der Waals surface area contributed by atoms with Crippen LogP contribution in [0.15, 0.2) is 0 Å². The van der Waals surface area contributed by atoms with E-state index < -0.39 is 0 Å². The lowest BCUT2D eigenvalue weighted by molar-refractivity contribution is 0.312. The minimum absolute atomic E-state index is 0.410. The minimum atomic E-state index is 0.410. The molecule has 1 fully saturated rings. The van der Waals surface area contributed by atoms with Gasteiger partial charge in [-0.15, -0.1) is 0 Å². The topological polar surface area (TPSA) is 63.2 Å². The largest absolute Gasteiger partial charge is 0.464 e. The molecule has 1 saturated heterocycles. The molecule has 1 aliphatic heterocycles. The van der Waals surface area contributed by atoms with Crippen LogP contribution in [0.4, 0.5) is 11.9 Å². The van der Waals surface area contributed by atoms with Crippen LogP contribution in [0.25, 0.3) is 0 Å². The number of hydrogen-bond donors (Lipinski definition) is 1. The third-order valence-corrected chi connectivity index (χ3v) is 3.10. The second-order valence-corrected chi connectivity index (χ2v) is 4.61. The van der Waals surface area contributed by atoms with E-state index >= 15 is 0 Å².